The summed E-state index contributed by atoms with van der Waals surface area (Å²) in [5.74, 6) is 0.483. The number of rotatable bonds is 12. The van der Waals surface area contributed by atoms with Crippen LogP contribution < -0.4 is 9.64 Å². The molecular weight excluding hydrogens is 560 g/mol. The summed E-state index contributed by atoms with van der Waals surface area (Å²) in [5, 5.41) is 0.596. The second-order valence-corrected chi connectivity index (χ2v) is 12.3. The fourth-order valence-electron chi connectivity index (χ4n) is 4.48. The monoisotopic (exact) mass is 596 g/mol. The molecule has 2 aromatic carbocycles. The number of benzene rings is 2. The Morgan fingerprint density at radius 2 is 1.85 bits per heavy atom. The minimum Gasteiger partial charge on any atom is -0.497 e. The molecule has 1 amide bonds. The number of methoxy groups -OCH3 is 1. The third kappa shape index (κ3) is 7.27. The molecule has 12 heteroatoms. The van der Waals surface area contributed by atoms with Gasteiger partial charge in [-0.15, -0.1) is 12.4 Å². The van der Waals surface area contributed by atoms with E-state index in [2.05, 4.69) is 18.7 Å². The van der Waals surface area contributed by atoms with Crippen molar-refractivity contribution in [1.82, 2.24) is 14.2 Å². The van der Waals surface area contributed by atoms with E-state index in [1.165, 1.54) is 27.8 Å². The summed E-state index contributed by atoms with van der Waals surface area (Å²) in [5.41, 5.74) is 1.17. The highest BCUT2D eigenvalue weighted by Gasteiger charge is 2.27. The fourth-order valence-corrected chi connectivity index (χ4v) is 6.65. The van der Waals surface area contributed by atoms with Crippen molar-refractivity contribution in [2.75, 3.05) is 58.4 Å². The van der Waals surface area contributed by atoms with Gasteiger partial charge in [-0.1, -0.05) is 25.2 Å². The van der Waals surface area contributed by atoms with Gasteiger partial charge in [0.2, 0.25) is 10.0 Å². The van der Waals surface area contributed by atoms with Gasteiger partial charge < -0.3 is 14.4 Å². The smallest absolute Gasteiger partial charge is 0.260 e. The Labute approximate surface area is 241 Å². The van der Waals surface area contributed by atoms with Crippen molar-refractivity contribution in [2.45, 2.75) is 37.7 Å². The van der Waals surface area contributed by atoms with Crippen molar-refractivity contribution in [1.29, 1.82) is 0 Å². The van der Waals surface area contributed by atoms with E-state index in [9.17, 15) is 13.2 Å². The Morgan fingerprint density at radius 1 is 1.13 bits per heavy atom. The average Bonchev–Trinajstić information content (AvgIpc) is 3.60. The molecule has 1 aliphatic heterocycles. The van der Waals surface area contributed by atoms with E-state index in [1.54, 1.807) is 31.2 Å². The molecule has 1 unspecified atom stereocenters. The lowest BCUT2D eigenvalue weighted by Gasteiger charge is -2.25. The molecule has 214 valence electrons. The molecule has 1 saturated heterocycles. The highest BCUT2D eigenvalue weighted by Crippen LogP contribution is 2.32. The molecule has 0 N–H and O–H groups in total. The van der Waals surface area contributed by atoms with Crippen LogP contribution in [0.3, 0.4) is 0 Å². The highest BCUT2D eigenvalue weighted by atomic mass is 35.5. The van der Waals surface area contributed by atoms with Gasteiger partial charge in [0.15, 0.2) is 5.13 Å². The first-order chi connectivity index (χ1) is 18.3. The van der Waals surface area contributed by atoms with Crippen molar-refractivity contribution in [3.63, 3.8) is 0 Å². The van der Waals surface area contributed by atoms with Crippen LogP contribution in [0.25, 0.3) is 10.2 Å². The van der Waals surface area contributed by atoms with Crippen LogP contribution in [0.2, 0.25) is 0 Å². The molecule has 9 nitrogen and oxygen atoms in total. The summed E-state index contributed by atoms with van der Waals surface area (Å²) < 4.78 is 39.4. The van der Waals surface area contributed by atoms with E-state index in [4.69, 9.17) is 14.5 Å². The zero-order chi connectivity index (χ0) is 27.3. The third-order valence-corrected chi connectivity index (χ3v) is 9.78. The second kappa shape index (κ2) is 13.9. The normalized spacial score (nSPS) is 15.6. The highest BCUT2D eigenvalue weighted by molar-refractivity contribution is 7.89. The van der Waals surface area contributed by atoms with Crippen molar-refractivity contribution >= 4 is 55.0 Å². The van der Waals surface area contributed by atoms with E-state index >= 15 is 0 Å². The summed E-state index contributed by atoms with van der Waals surface area (Å²) >= 11 is 1.45. The summed E-state index contributed by atoms with van der Waals surface area (Å²) in [4.78, 5) is 22.5. The molecule has 1 atom stereocenters. The number of nitrogens with zero attached hydrogens (tertiary/aromatic N) is 4. The minimum atomic E-state index is -3.69. The zero-order valence-electron chi connectivity index (χ0n) is 22.8. The average molecular weight is 597 g/mol. The molecule has 1 aliphatic rings. The summed E-state index contributed by atoms with van der Waals surface area (Å²) in [7, 11) is -0.522. The lowest BCUT2D eigenvalue weighted by molar-refractivity contribution is 0.0978. The molecule has 0 saturated carbocycles. The van der Waals surface area contributed by atoms with Crippen LogP contribution >= 0.6 is 23.7 Å². The number of carbonyl (C=O) groups excluding carboxylic acids is 1. The summed E-state index contributed by atoms with van der Waals surface area (Å²) in [6.45, 7) is 8.07. The van der Waals surface area contributed by atoms with Crippen molar-refractivity contribution in [2.24, 2.45) is 0 Å². The van der Waals surface area contributed by atoms with Crippen LogP contribution in [-0.4, -0.2) is 88.1 Å². The van der Waals surface area contributed by atoms with Crippen LogP contribution in [0.15, 0.2) is 47.4 Å². The first-order valence-corrected chi connectivity index (χ1v) is 15.2. The first-order valence-electron chi connectivity index (χ1n) is 12.9. The number of anilines is 1. The number of thiazole rings is 1. The molecule has 1 fully saturated rings. The van der Waals surface area contributed by atoms with E-state index < -0.39 is 10.0 Å². The number of amides is 1. The molecule has 0 radical (unpaired) electrons. The van der Waals surface area contributed by atoms with Gasteiger partial charge in [0.1, 0.15) is 5.75 Å². The molecule has 0 spiro atoms. The van der Waals surface area contributed by atoms with E-state index in [0.29, 0.717) is 42.7 Å². The number of fused-ring (bicyclic) bond motifs is 1. The van der Waals surface area contributed by atoms with Crippen molar-refractivity contribution < 1.29 is 22.7 Å². The predicted molar refractivity (Wildman–Crippen MR) is 158 cm³/mol. The van der Waals surface area contributed by atoms with Crippen LogP contribution in [0, 0.1) is 0 Å². The number of ether oxygens (including phenoxy) is 2. The van der Waals surface area contributed by atoms with Crippen LogP contribution in [0.1, 0.15) is 37.0 Å². The molecule has 0 aliphatic carbocycles. The molecule has 39 heavy (non-hydrogen) atoms. The molecule has 4 rings (SSSR count). The van der Waals surface area contributed by atoms with Gasteiger partial charge in [-0.05, 0) is 62.3 Å². The Morgan fingerprint density at radius 3 is 2.46 bits per heavy atom. The van der Waals surface area contributed by atoms with E-state index in [0.717, 1.165) is 36.1 Å². The second-order valence-electron chi connectivity index (χ2n) is 9.26. The van der Waals surface area contributed by atoms with Gasteiger partial charge in [-0.3, -0.25) is 9.69 Å². The predicted octanol–water partition coefficient (Wildman–Crippen LogP) is 4.51. The number of likely N-dealkylation sites (N-methyl/N-ethyl adjacent to an activating group) is 2. The maximum Gasteiger partial charge on any atom is 0.260 e. The Bertz CT molecular complexity index is 1340. The van der Waals surface area contributed by atoms with Gasteiger partial charge in [-0.25, -0.2) is 13.4 Å². The van der Waals surface area contributed by atoms with Gasteiger partial charge in [0.05, 0.1) is 28.3 Å². The minimum absolute atomic E-state index is 0. The molecule has 0 bridgehead atoms. The molecule has 2 heterocycles. The number of carbonyl (C=O) groups is 1. The molecule has 3 aromatic rings. The quantitative estimate of drug-likeness (QED) is 0.304. The number of hydrogen-bond acceptors (Lipinski definition) is 8. The van der Waals surface area contributed by atoms with E-state index in [1.807, 2.05) is 18.2 Å². The van der Waals surface area contributed by atoms with Crippen LogP contribution in [-0.2, 0) is 14.8 Å². The Kier molecular flexibility index (Phi) is 11.1. The van der Waals surface area contributed by atoms with Gasteiger partial charge >= 0.3 is 0 Å². The number of hydrogen-bond donors (Lipinski definition) is 0. The van der Waals surface area contributed by atoms with E-state index in [-0.39, 0.29) is 29.3 Å². The number of halogens is 1. The largest absolute Gasteiger partial charge is 0.497 e. The fraction of sp³-hybridized carbons (Fsp3) is 0.481. The third-order valence-electron chi connectivity index (χ3n) is 6.89. The lowest BCUT2D eigenvalue weighted by atomic mass is 10.2. The Hall–Kier alpha value is -2.28. The lowest BCUT2D eigenvalue weighted by Crippen LogP contribution is -2.39. The van der Waals surface area contributed by atoms with Gasteiger partial charge in [-0.2, -0.15) is 4.31 Å². The van der Waals surface area contributed by atoms with Gasteiger partial charge in [0, 0.05) is 44.9 Å². The Balaban J connectivity index is 0.00000420. The van der Waals surface area contributed by atoms with Gasteiger partial charge in [0.25, 0.3) is 5.91 Å². The number of sulfonamides is 1. The standard InChI is InChI=1S/C27H36N4O5S2.ClH/c1-5-30(6-2)15-16-31(27-28-24-18-21(35-4)11-14-25(24)37-27)26(32)20-9-12-23(13-10-20)38(33,34)29(3)19-22-8-7-17-36-22;/h9-14,18,22H,5-8,15-17,19H2,1-4H3;1H. The van der Waals surface area contributed by atoms with Crippen LogP contribution in [0.4, 0.5) is 5.13 Å². The zero-order valence-corrected chi connectivity index (χ0v) is 25.3. The SMILES string of the molecule is CCN(CC)CCN(C(=O)c1ccc(S(=O)(=O)N(C)CC2CCCO2)cc1)c1nc2cc(OC)ccc2s1.Cl. The van der Waals surface area contributed by atoms with Crippen molar-refractivity contribution in [3.8, 4) is 5.75 Å². The topological polar surface area (TPSA) is 92.3 Å². The van der Waals surface area contributed by atoms with Crippen molar-refractivity contribution in [3.05, 3.63) is 48.0 Å². The maximum atomic E-state index is 13.7. The maximum absolute atomic E-state index is 13.7. The van der Waals surface area contributed by atoms with Crippen LogP contribution in [0.5, 0.6) is 5.75 Å². The molecular formula is C27H37ClN4O5S2. The molecule has 1 aromatic heterocycles. The number of aromatic nitrogens is 1. The summed E-state index contributed by atoms with van der Waals surface area (Å²) in [6, 6.07) is 11.8. The summed E-state index contributed by atoms with van der Waals surface area (Å²) in [6.07, 6.45) is 1.72. The first kappa shape index (κ1) is 31.3.